The van der Waals surface area contributed by atoms with Crippen LogP contribution in [0.5, 0.6) is 0 Å². The molecule has 4 heterocycles. The van der Waals surface area contributed by atoms with Gasteiger partial charge in [-0.2, -0.15) is 0 Å². The first-order chi connectivity index (χ1) is 19.3. The molecule has 0 bridgehead atoms. The third-order valence-corrected chi connectivity index (χ3v) is 7.72. The Labute approximate surface area is 222 Å². The van der Waals surface area contributed by atoms with Gasteiger partial charge in [0.2, 0.25) is 0 Å². The van der Waals surface area contributed by atoms with Crippen LogP contribution in [0.1, 0.15) is 0 Å². The van der Waals surface area contributed by atoms with Crippen LogP contribution in [0.2, 0.25) is 0 Å². The molecule has 0 fully saturated rings. The minimum Gasteiger partial charge on any atom is -0.456 e. The van der Waals surface area contributed by atoms with Gasteiger partial charge in [-0.3, -0.25) is 9.13 Å². The van der Waals surface area contributed by atoms with E-state index in [-0.39, 0.29) is 0 Å². The number of rotatable bonds is 2. The van der Waals surface area contributed by atoms with Crippen LogP contribution in [0.15, 0.2) is 126 Å². The van der Waals surface area contributed by atoms with E-state index in [1.54, 1.807) is 0 Å². The van der Waals surface area contributed by atoms with Crippen LogP contribution >= 0.6 is 0 Å². The lowest BCUT2D eigenvalue weighted by atomic mass is 10.1. The van der Waals surface area contributed by atoms with E-state index in [1.165, 1.54) is 0 Å². The lowest BCUT2D eigenvalue weighted by molar-refractivity contribution is 0.669. The van der Waals surface area contributed by atoms with Gasteiger partial charge in [0.15, 0.2) is 11.3 Å². The van der Waals surface area contributed by atoms with Crippen LogP contribution < -0.4 is 0 Å². The summed E-state index contributed by atoms with van der Waals surface area (Å²) < 4.78 is 10.6. The molecule has 0 amide bonds. The fourth-order valence-corrected chi connectivity index (χ4v) is 6.01. The Morgan fingerprint density at radius 3 is 1.72 bits per heavy atom. The number of nitrogens with zero attached hydrogens (tertiary/aromatic N) is 4. The zero-order valence-corrected chi connectivity index (χ0v) is 20.7. The fraction of sp³-hybridized carbons (Fsp3) is 0. The molecule has 182 valence electrons. The van der Waals surface area contributed by atoms with Gasteiger partial charge in [-0.05, 0) is 48.5 Å². The Hall–Kier alpha value is -5.42. The molecule has 5 heteroatoms. The zero-order valence-electron chi connectivity index (χ0n) is 20.7. The zero-order chi connectivity index (χ0) is 25.5. The second kappa shape index (κ2) is 7.55. The van der Waals surface area contributed by atoms with E-state index in [9.17, 15) is 0 Å². The largest absolute Gasteiger partial charge is 0.456 e. The number of fused-ring (bicyclic) bond motifs is 9. The molecule has 0 saturated carbocycles. The van der Waals surface area contributed by atoms with Gasteiger partial charge >= 0.3 is 0 Å². The molecule has 5 nitrogen and oxygen atoms in total. The molecule has 0 radical (unpaired) electrons. The topological polar surface area (TPSA) is 48.8 Å². The van der Waals surface area contributed by atoms with Gasteiger partial charge < -0.3 is 4.42 Å². The molecular weight excluding hydrogens is 480 g/mol. The van der Waals surface area contributed by atoms with Crippen LogP contribution in [0, 0.1) is 0 Å². The standard InChI is InChI=1S/C34H20N4O/c1-2-10-21(11-3-1)37-27-15-7-4-13-24(27)31-33(37)36-34-32(35-31)25-14-5-8-16-28(25)38(34)22-18-19-30-26(20-22)23-12-6-9-17-29(23)39-30/h1-20H. The Bertz CT molecular complexity index is 2390. The van der Waals surface area contributed by atoms with E-state index in [4.69, 9.17) is 14.4 Å². The molecule has 0 aliphatic rings. The molecule has 0 saturated heterocycles. The van der Waals surface area contributed by atoms with E-state index in [1.807, 2.05) is 18.2 Å². The van der Waals surface area contributed by atoms with Crippen molar-refractivity contribution >= 4 is 66.1 Å². The molecule has 0 spiro atoms. The van der Waals surface area contributed by atoms with E-state index in [0.29, 0.717) is 0 Å². The highest BCUT2D eigenvalue weighted by molar-refractivity contribution is 6.13. The quantitative estimate of drug-likeness (QED) is 0.239. The molecule has 5 aromatic carbocycles. The molecule has 9 rings (SSSR count). The molecule has 9 aromatic rings. The van der Waals surface area contributed by atoms with Crippen molar-refractivity contribution < 1.29 is 4.42 Å². The highest BCUT2D eigenvalue weighted by Gasteiger charge is 2.21. The summed E-state index contributed by atoms with van der Waals surface area (Å²) in [5.41, 5.74) is 9.48. The Morgan fingerprint density at radius 2 is 1.00 bits per heavy atom. The van der Waals surface area contributed by atoms with Crippen molar-refractivity contribution in [2.45, 2.75) is 0 Å². The van der Waals surface area contributed by atoms with E-state index >= 15 is 0 Å². The summed E-state index contributed by atoms with van der Waals surface area (Å²) >= 11 is 0. The third kappa shape index (κ3) is 2.79. The predicted molar refractivity (Wildman–Crippen MR) is 158 cm³/mol. The minimum atomic E-state index is 0.829. The van der Waals surface area contributed by atoms with Crippen molar-refractivity contribution in [3.05, 3.63) is 121 Å². The fourth-order valence-electron chi connectivity index (χ4n) is 6.01. The lowest BCUT2D eigenvalue weighted by Crippen LogP contribution is -1.99. The van der Waals surface area contributed by atoms with Crippen LogP contribution in [0.3, 0.4) is 0 Å². The molecule has 0 aliphatic carbocycles. The van der Waals surface area contributed by atoms with Crippen molar-refractivity contribution in [2.24, 2.45) is 0 Å². The number of hydrogen-bond acceptors (Lipinski definition) is 3. The van der Waals surface area contributed by atoms with Crippen LogP contribution in [0.4, 0.5) is 0 Å². The monoisotopic (exact) mass is 500 g/mol. The Balaban J connectivity index is 1.44. The summed E-state index contributed by atoms with van der Waals surface area (Å²) in [6, 6.07) is 41.8. The maximum absolute atomic E-state index is 6.12. The van der Waals surface area contributed by atoms with E-state index < -0.39 is 0 Å². The Morgan fingerprint density at radius 1 is 0.436 bits per heavy atom. The van der Waals surface area contributed by atoms with Crippen molar-refractivity contribution in [3.63, 3.8) is 0 Å². The van der Waals surface area contributed by atoms with Crippen molar-refractivity contribution in [1.82, 2.24) is 19.1 Å². The van der Waals surface area contributed by atoms with Gasteiger partial charge in [-0.1, -0.05) is 72.8 Å². The highest BCUT2D eigenvalue weighted by Crippen LogP contribution is 2.37. The summed E-state index contributed by atoms with van der Waals surface area (Å²) in [4.78, 5) is 10.7. The smallest absolute Gasteiger partial charge is 0.166 e. The molecule has 0 atom stereocenters. The molecule has 0 unspecified atom stereocenters. The molecular formula is C34H20N4O. The van der Waals surface area contributed by atoms with Gasteiger partial charge in [-0.15, -0.1) is 0 Å². The summed E-state index contributed by atoms with van der Waals surface area (Å²) in [5.74, 6) is 0. The van der Waals surface area contributed by atoms with E-state index in [0.717, 1.165) is 77.4 Å². The highest BCUT2D eigenvalue weighted by atomic mass is 16.3. The molecule has 4 aromatic heterocycles. The SMILES string of the molecule is c1ccc(-n2c3ccccc3c3nc4c5ccccc5n(-c5ccc6oc7ccccc7c6c5)c4nc32)cc1. The predicted octanol–water partition coefficient (Wildman–Crippen LogP) is 8.57. The van der Waals surface area contributed by atoms with Gasteiger partial charge in [0.25, 0.3) is 0 Å². The minimum absolute atomic E-state index is 0.829. The Kier molecular flexibility index (Phi) is 3.99. The maximum Gasteiger partial charge on any atom is 0.166 e. The van der Waals surface area contributed by atoms with Gasteiger partial charge in [0, 0.05) is 32.9 Å². The van der Waals surface area contributed by atoms with Crippen LogP contribution in [-0.2, 0) is 0 Å². The molecule has 39 heavy (non-hydrogen) atoms. The third-order valence-electron chi connectivity index (χ3n) is 7.72. The van der Waals surface area contributed by atoms with Crippen molar-refractivity contribution in [2.75, 3.05) is 0 Å². The van der Waals surface area contributed by atoms with Crippen LogP contribution in [0.25, 0.3) is 77.4 Å². The average Bonchev–Trinajstić information content (AvgIpc) is 3.63. The maximum atomic E-state index is 6.12. The van der Waals surface area contributed by atoms with Gasteiger partial charge in [0.1, 0.15) is 22.2 Å². The first kappa shape index (κ1) is 20.6. The molecule has 0 aliphatic heterocycles. The van der Waals surface area contributed by atoms with Crippen molar-refractivity contribution in [1.29, 1.82) is 0 Å². The normalized spacial score (nSPS) is 12.1. The summed E-state index contributed by atoms with van der Waals surface area (Å²) in [6.07, 6.45) is 0. The second-order valence-corrected chi connectivity index (χ2v) is 9.89. The first-order valence-corrected chi connectivity index (χ1v) is 13.0. The number of hydrogen-bond donors (Lipinski definition) is 0. The van der Waals surface area contributed by atoms with Gasteiger partial charge in [0.05, 0.1) is 11.0 Å². The first-order valence-electron chi connectivity index (χ1n) is 13.0. The van der Waals surface area contributed by atoms with Crippen molar-refractivity contribution in [3.8, 4) is 11.4 Å². The lowest BCUT2D eigenvalue weighted by Gasteiger charge is -2.09. The van der Waals surface area contributed by atoms with Crippen LogP contribution in [-0.4, -0.2) is 19.1 Å². The number of para-hydroxylation sites is 4. The number of aromatic nitrogens is 4. The van der Waals surface area contributed by atoms with E-state index in [2.05, 4.69) is 112 Å². The number of furan rings is 1. The molecule has 0 N–H and O–H groups in total. The van der Waals surface area contributed by atoms with Gasteiger partial charge in [-0.25, -0.2) is 9.97 Å². The number of benzene rings is 5. The summed E-state index contributed by atoms with van der Waals surface area (Å²) in [5, 5.41) is 4.36. The summed E-state index contributed by atoms with van der Waals surface area (Å²) in [6.45, 7) is 0. The second-order valence-electron chi connectivity index (χ2n) is 9.89. The summed E-state index contributed by atoms with van der Waals surface area (Å²) in [7, 11) is 0. The average molecular weight is 501 g/mol.